The normalized spacial score (nSPS) is 14.8. The summed E-state index contributed by atoms with van der Waals surface area (Å²) in [4.78, 5) is 4.83. The third kappa shape index (κ3) is 2.14. The van der Waals surface area contributed by atoms with E-state index < -0.39 is 0 Å². The molecule has 0 unspecified atom stereocenters. The summed E-state index contributed by atoms with van der Waals surface area (Å²) >= 11 is 3.51. The van der Waals surface area contributed by atoms with E-state index in [0.717, 1.165) is 26.9 Å². The van der Waals surface area contributed by atoms with Gasteiger partial charge in [-0.15, -0.1) is 0 Å². The van der Waals surface area contributed by atoms with Crippen LogP contribution in [-0.4, -0.2) is 14.7 Å². The first-order valence-electron chi connectivity index (χ1n) is 7.11. The summed E-state index contributed by atoms with van der Waals surface area (Å²) in [5.74, 6) is 1.32. The molecular weight excluding hydrogens is 328 g/mol. The fourth-order valence-corrected chi connectivity index (χ4v) is 3.12. The zero-order chi connectivity index (χ0) is 14.6. The first kappa shape index (κ1) is 12.9. The molecule has 1 fully saturated rings. The van der Waals surface area contributed by atoms with Gasteiger partial charge in [0.25, 0.3) is 0 Å². The van der Waals surface area contributed by atoms with Gasteiger partial charge in [-0.2, -0.15) is 0 Å². The second-order valence-corrected chi connectivity index (χ2v) is 6.59. The number of aryl methyl sites for hydroxylation is 1. The average Bonchev–Trinajstić information content (AvgIpc) is 3.22. The van der Waals surface area contributed by atoms with E-state index in [2.05, 4.69) is 38.7 Å². The number of rotatable bonds is 2. The maximum absolute atomic E-state index is 9.72. The highest BCUT2D eigenvalue weighted by atomic mass is 79.9. The van der Waals surface area contributed by atoms with E-state index in [1.807, 2.05) is 19.1 Å². The lowest BCUT2D eigenvalue weighted by atomic mass is 10.1. The van der Waals surface area contributed by atoms with Crippen LogP contribution in [0.15, 0.2) is 40.9 Å². The predicted octanol–water partition coefficient (Wildman–Crippen LogP) is 4.81. The number of aromatic hydroxyl groups is 1. The third-order valence-electron chi connectivity index (χ3n) is 4.02. The van der Waals surface area contributed by atoms with Crippen LogP contribution < -0.4 is 0 Å². The second kappa shape index (κ2) is 4.60. The lowest BCUT2D eigenvalue weighted by Crippen LogP contribution is -1.97. The average molecular weight is 343 g/mol. The molecule has 4 rings (SSSR count). The van der Waals surface area contributed by atoms with Crippen LogP contribution in [0.5, 0.6) is 5.75 Å². The van der Waals surface area contributed by atoms with E-state index in [1.165, 1.54) is 18.4 Å². The van der Waals surface area contributed by atoms with E-state index in [0.29, 0.717) is 11.8 Å². The molecule has 1 heterocycles. The summed E-state index contributed by atoms with van der Waals surface area (Å²) in [7, 11) is 0. The van der Waals surface area contributed by atoms with Gasteiger partial charge in [-0.3, -0.25) is 0 Å². The Balaban J connectivity index is 1.98. The van der Waals surface area contributed by atoms with Crippen LogP contribution >= 0.6 is 15.9 Å². The predicted molar refractivity (Wildman–Crippen MR) is 87.5 cm³/mol. The van der Waals surface area contributed by atoms with Crippen molar-refractivity contribution in [3.8, 4) is 17.1 Å². The van der Waals surface area contributed by atoms with Crippen molar-refractivity contribution < 1.29 is 5.11 Å². The topological polar surface area (TPSA) is 38.0 Å². The molecule has 2 aromatic carbocycles. The van der Waals surface area contributed by atoms with Crippen molar-refractivity contribution in [2.24, 2.45) is 0 Å². The Morgan fingerprint density at radius 3 is 2.71 bits per heavy atom. The molecule has 0 radical (unpaired) electrons. The van der Waals surface area contributed by atoms with Gasteiger partial charge in [0.05, 0.1) is 11.0 Å². The van der Waals surface area contributed by atoms with Crippen LogP contribution in [0.1, 0.15) is 24.4 Å². The van der Waals surface area contributed by atoms with Gasteiger partial charge in [0.15, 0.2) is 0 Å². The molecule has 1 saturated carbocycles. The molecule has 21 heavy (non-hydrogen) atoms. The summed E-state index contributed by atoms with van der Waals surface area (Å²) < 4.78 is 3.39. The molecule has 0 spiro atoms. The maximum atomic E-state index is 9.72. The maximum Gasteiger partial charge on any atom is 0.141 e. The van der Waals surface area contributed by atoms with E-state index >= 15 is 0 Å². The highest BCUT2D eigenvalue weighted by Crippen LogP contribution is 2.42. The Kier molecular flexibility index (Phi) is 2.82. The first-order valence-corrected chi connectivity index (χ1v) is 7.90. The van der Waals surface area contributed by atoms with Gasteiger partial charge >= 0.3 is 0 Å². The Hall–Kier alpha value is -1.81. The smallest absolute Gasteiger partial charge is 0.141 e. The van der Waals surface area contributed by atoms with Crippen molar-refractivity contribution in [1.82, 2.24) is 9.55 Å². The summed E-state index contributed by atoms with van der Waals surface area (Å²) in [6.07, 6.45) is 2.43. The molecule has 1 N–H and O–H groups in total. The molecule has 0 saturated heterocycles. The van der Waals surface area contributed by atoms with Gasteiger partial charge < -0.3 is 9.67 Å². The molecule has 0 aliphatic heterocycles. The quantitative estimate of drug-likeness (QED) is 0.725. The number of phenolic OH excluding ortho intramolecular Hbond substituents is 1. The van der Waals surface area contributed by atoms with Crippen molar-refractivity contribution in [2.75, 3.05) is 0 Å². The minimum Gasteiger partial charge on any atom is -0.508 e. The highest BCUT2D eigenvalue weighted by molar-refractivity contribution is 9.10. The highest BCUT2D eigenvalue weighted by Gasteiger charge is 2.28. The van der Waals surface area contributed by atoms with Gasteiger partial charge in [0.2, 0.25) is 0 Å². The van der Waals surface area contributed by atoms with Crippen LogP contribution in [0.25, 0.3) is 22.4 Å². The number of fused-ring (bicyclic) bond motifs is 1. The molecule has 3 nitrogen and oxygen atoms in total. The fourth-order valence-electron chi connectivity index (χ4n) is 2.77. The number of benzene rings is 2. The van der Waals surface area contributed by atoms with E-state index in [-0.39, 0.29) is 0 Å². The number of hydrogen-bond donors (Lipinski definition) is 1. The molecule has 1 aromatic heterocycles. The van der Waals surface area contributed by atoms with Crippen LogP contribution in [0.4, 0.5) is 0 Å². The van der Waals surface area contributed by atoms with Crippen LogP contribution in [0.2, 0.25) is 0 Å². The van der Waals surface area contributed by atoms with Gasteiger partial charge in [-0.05, 0) is 61.7 Å². The number of imidazole rings is 1. The Morgan fingerprint density at radius 1 is 1.19 bits per heavy atom. The van der Waals surface area contributed by atoms with Gasteiger partial charge in [-0.1, -0.05) is 15.9 Å². The number of halogens is 1. The monoisotopic (exact) mass is 342 g/mol. The molecular formula is C17H15BrN2O. The molecule has 0 bridgehead atoms. The number of nitrogens with zero attached hydrogens (tertiary/aromatic N) is 2. The largest absolute Gasteiger partial charge is 0.508 e. The second-order valence-electron chi connectivity index (χ2n) is 5.67. The molecule has 106 valence electrons. The van der Waals surface area contributed by atoms with E-state index in [4.69, 9.17) is 4.98 Å². The van der Waals surface area contributed by atoms with Crippen molar-refractivity contribution in [3.63, 3.8) is 0 Å². The van der Waals surface area contributed by atoms with Crippen LogP contribution in [-0.2, 0) is 0 Å². The minimum atomic E-state index is 0.329. The standard InChI is InChI=1S/C17H15BrN2O/c1-10-8-11(2-7-16(10)21)17-19-14-9-12(18)3-6-15(14)20(17)13-4-5-13/h2-3,6-9,13,21H,4-5H2,1H3. The molecule has 1 aliphatic rings. The van der Waals surface area contributed by atoms with Crippen molar-refractivity contribution >= 4 is 27.0 Å². The van der Waals surface area contributed by atoms with Gasteiger partial charge in [0.1, 0.15) is 11.6 Å². The minimum absolute atomic E-state index is 0.329. The number of hydrogen-bond acceptors (Lipinski definition) is 2. The van der Waals surface area contributed by atoms with Crippen molar-refractivity contribution in [2.45, 2.75) is 25.8 Å². The molecule has 1 aliphatic carbocycles. The van der Waals surface area contributed by atoms with Crippen molar-refractivity contribution in [3.05, 3.63) is 46.4 Å². The summed E-state index contributed by atoms with van der Waals surface area (Å²) in [5.41, 5.74) is 4.13. The SMILES string of the molecule is Cc1cc(-c2nc3cc(Br)ccc3n2C2CC2)ccc1O. The zero-order valence-electron chi connectivity index (χ0n) is 11.7. The Bertz CT molecular complexity index is 849. The van der Waals surface area contributed by atoms with E-state index in [9.17, 15) is 5.11 Å². The van der Waals surface area contributed by atoms with Crippen LogP contribution in [0, 0.1) is 6.92 Å². The van der Waals surface area contributed by atoms with Crippen LogP contribution in [0.3, 0.4) is 0 Å². The Morgan fingerprint density at radius 2 is 2.00 bits per heavy atom. The lowest BCUT2D eigenvalue weighted by molar-refractivity contribution is 0.471. The first-order chi connectivity index (χ1) is 10.1. The zero-order valence-corrected chi connectivity index (χ0v) is 13.3. The lowest BCUT2D eigenvalue weighted by Gasteiger charge is -2.09. The van der Waals surface area contributed by atoms with Crippen molar-refractivity contribution in [1.29, 1.82) is 0 Å². The molecule has 0 atom stereocenters. The summed E-state index contributed by atoms with van der Waals surface area (Å²) in [6, 6.07) is 12.5. The van der Waals surface area contributed by atoms with Gasteiger partial charge in [0, 0.05) is 16.1 Å². The molecule has 4 heteroatoms. The van der Waals surface area contributed by atoms with Gasteiger partial charge in [-0.25, -0.2) is 4.98 Å². The fraction of sp³-hybridized carbons (Fsp3) is 0.235. The molecule has 3 aromatic rings. The molecule has 0 amide bonds. The third-order valence-corrected chi connectivity index (χ3v) is 4.51. The number of aromatic nitrogens is 2. The number of phenols is 1. The van der Waals surface area contributed by atoms with E-state index in [1.54, 1.807) is 6.07 Å². The summed E-state index contributed by atoms with van der Waals surface area (Å²) in [5, 5.41) is 9.72. The Labute approximate surface area is 131 Å². The summed E-state index contributed by atoms with van der Waals surface area (Å²) in [6.45, 7) is 1.92.